The number of nitrogens with zero attached hydrogens (tertiary/aromatic N) is 1. The number of hydrogen-bond donors (Lipinski definition) is 1. The lowest BCUT2D eigenvalue weighted by Crippen LogP contribution is -2.13. The number of amides is 1. The number of carbonyl (C=O) groups is 1. The van der Waals surface area contributed by atoms with Crippen LogP contribution in [0.4, 0.5) is 5.82 Å². The zero-order valence-corrected chi connectivity index (χ0v) is 11.1. The quantitative estimate of drug-likeness (QED) is 0.905. The largest absolute Gasteiger partial charge is 0.307 e. The number of nitrogens with one attached hydrogen (secondary N) is 1. The summed E-state index contributed by atoms with van der Waals surface area (Å²) in [6, 6.07) is 8.33. The van der Waals surface area contributed by atoms with Gasteiger partial charge in [0.15, 0.2) is 0 Å². The van der Waals surface area contributed by atoms with Crippen LogP contribution in [0.1, 0.15) is 15.9 Å². The van der Waals surface area contributed by atoms with Gasteiger partial charge in [-0.25, -0.2) is 4.98 Å². The molecule has 1 heterocycles. The van der Waals surface area contributed by atoms with Crippen LogP contribution in [0.15, 0.2) is 36.5 Å². The highest BCUT2D eigenvalue weighted by atomic mass is 35.5. The lowest BCUT2D eigenvalue weighted by Gasteiger charge is -2.06. The van der Waals surface area contributed by atoms with Crippen LogP contribution in [0, 0.1) is 6.92 Å². The van der Waals surface area contributed by atoms with Crippen molar-refractivity contribution in [1.82, 2.24) is 4.98 Å². The molecule has 0 aliphatic rings. The Morgan fingerprint density at radius 2 is 2.00 bits per heavy atom. The number of aromatic nitrogens is 1. The van der Waals surface area contributed by atoms with Crippen LogP contribution < -0.4 is 5.32 Å². The van der Waals surface area contributed by atoms with E-state index >= 15 is 0 Å². The molecule has 3 nitrogen and oxygen atoms in total. The summed E-state index contributed by atoms with van der Waals surface area (Å²) in [4.78, 5) is 16.1. The number of carbonyl (C=O) groups excluding carboxylic acids is 1. The number of rotatable bonds is 2. The number of hydrogen-bond acceptors (Lipinski definition) is 2. The van der Waals surface area contributed by atoms with Crippen LogP contribution in [0.25, 0.3) is 0 Å². The van der Waals surface area contributed by atoms with E-state index in [-0.39, 0.29) is 5.91 Å². The predicted octanol–water partition coefficient (Wildman–Crippen LogP) is 3.95. The number of benzene rings is 1. The first-order chi connectivity index (χ1) is 8.56. The number of halogens is 2. The molecule has 1 aromatic carbocycles. The molecule has 2 aromatic rings. The summed E-state index contributed by atoms with van der Waals surface area (Å²) in [5.41, 5.74) is 1.35. The summed E-state index contributed by atoms with van der Waals surface area (Å²) < 4.78 is 0. The van der Waals surface area contributed by atoms with E-state index in [1.54, 1.807) is 24.4 Å². The molecule has 1 amide bonds. The topological polar surface area (TPSA) is 42.0 Å². The second-order valence-corrected chi connectivity index (χ2v) is 4.64. The van der Waals surface area contributed by atoms with Gasteiger partial charge in [-0.3, -0.25) is 4.79 Å². The highest BCUT2D eigenvalue weighted by molar-refractivity contribution is 6.36. The molecule has 0 radical (unpaired) electrons. The van der Waals surface area contributed by atoms with Crippen LogP contribution in [0.2, 0.25) is 10.0 Å². The van der Waals surface area contributed by atoms with Gasteiger partial charge in [0.25, 0.3) is 5.91 Å². The Labute approximate surface area is 115 Å². The van der Waals surface area contributed by atoms with Crippen LogP contribution >= 0.6 is 23.2 Å². The molecule has 0 aliphatic heterocycles. The van der Waals surface area contributed by atoms with Gasteiger partial charge in [0, 0.05) is 11.2 Å². The molecule has 1 aromatic heterocycles. The van der Waals surface area contributed by atoms with Crippen molar-refractivity contribution in [2.24, 2.45) is 0 Å². The molecule has 0 atom stereocenters. The summed E-state index contributed by atoms with van der Waals surface area (Å²) in [5.74, 6) is 0.139. The third-order valence-electron chi connectivity index (χ3n) is 2.33. The summed E-state index contributed by atoms with van der Waals surface area (Å²) in [6.07, 6.45) is 1.68. The van der Waals surface area contributed by atoms with E-state index in [0.29, 0.717) is 21.4 Å². The minimum absolute atomic E-state index is 0.326. The highest BCUT2D eigenvalue weighted by Crippen LogP contribution is 2.21. The van der Waals surface area contributed by atoms with Crippen LogP contribution in [-0.4, -0.2) is 10.9 Å². The van der Waals surface area contributed by atoms with Gasteiger partial charge in [-0.05, 0) is 36.8 Å². The standard InChI is InChI=1S/C13H10Cl2N2O/c1-8-2-5-12(16-7-8)17-13(18)10-6-9(14)3-4-11(10)15/h2-7H,1H3,(H,16,17,18). The van der Waals surface area contributed by atoms with Crippen LogP contribution in [0.3, 0.4) is 0 Å². The number of aryl methyl sites for hydroxylation is 1. The Balaban J connectivity index is 2.21. The molecule has 0 saturated heterocycles. The maximum absolute atomic E-state index is 12.0. The average molecular weight is 281 g/mol. The van der Waals surface area contributed by atoms with Gasteiger partial charge in [-0.15, -0.1) is 0 Å². The van der Waals surface area contributed by atoms with Gasteiger partial charge >= 0.3 is 0 Å². The Bertz CT molecular complexity index is 582. The fourth-order valence-electron chi connectivity index (χ4n) is 1.40. The molecular formula is C13H10Cl2N2O. The van der Waals surface area contributed by atoms with Crippen molar-refractivity contribution in [2.75, 3.05) is 5.32 Å². The Hall–Kier alpha value is -1.58. The number of anilines is 1. The summed E-state index contributed by atoms with van der Waals surface area (Å²) in [5, 5.41) is 3.47. The maximum Gasteiger partial charge on any atom is 0.258 e. The van der Waals surface area contributed by atoms with Gasteiger partial charge < -0.3 is 5.32 Å². The van der Waals surface area contributed by atoms with Gasteiger partial charge in [-0.1, -0.05) is 29.3 Å². The van der Waals surface area contributed by atoms with Crippen molar-refractivity contribution in [2.45, 2.75) is 6.92 Å². The van der Waals surface area contributed by atoms with Gasteiger partial charge in [0.1, 0.15) is 5.82 Å². The van der Waals surface area contributed by atoms with Crippen molar-refractivity contribution in [3.63, 3.8) is 0 Å². The molecule has 2 rings (SSSR count). The van der Waals surface area contributed by atoms with Gasteiger partial charge in [0.2, 0.25) is 0 Å². The van der Waals surface area contributed by atoms with E-state index in [2.05, 4.69) is 10.3 Å². The minimum Gasteiger partial charge on any atom is -0.307 e. The normalized spacial score (nSPS) is 10.2. The second kappa shape index (κ2) is 5.38. The Morgan fingerprint density at radius 3 is 2.67 bits per heavy atom. The molecule has 5 heteroatoms. The molecule has 0 bridgehead atoms. The predicted molar refractivity (Wildman–Crippen MR) is 73.4 cm³/mol. The zero-order valence-electron chi connectivity index (χ0n) is 9.58. The third kappa shape index (κ3) is 3.00. The molecule has 92 valence electrons. The van der Waals surface area contributed by atoms with Crippen LogP contribution in [0.5, 0.6) is 0 Å². The lowest BCUT2D eigenvalue weighted by atomic mass is 10.2. The van der Waals surface area contributed by atoms with E-state index in [1.165, 1.54) is 6.07 Å². The summed E-state index contributed by atoms with van der Waals surface area (Å²) >= 11 is 11.8. The van der Waals surface area contributed by atoms with Crippen molar-refractivity contribution in [1.29, 1.82) is 0 Å². The van der Waals surface area contributed by atoms with Gasteiger partial charge in [-0.2, -0.15) is 0 Å². The van der Waals surface area contributed by atoms with Crippen molar-refractivity contribution in [3.8, 4) is 0 Å². The second-order valence-electron chi connectivity index (χ2n) is 3.80. The first kappa shape index (κ1) is 12.9. The SMILES string of the molecule is Cc1ccc(NC(=O)c2cc(Cl)ccc2Cl)nc1. The van der Waals surface area contributed by atoms with E-state index in [0.717, 1.165) is 5.56 Å². The molecule has 0 saturated carbocycles. The molecular weight excluding hydrogens is 271 g/mol. The van der Waals surface area contributed by atoms with Crippen molar-refractivity contribution in [3.05, 3.63) is 57.7 Å². The van der Waals surface area contributed by atoms with Crippen LogP contribution in [-0.2, 0) is 0 Å². The fourth-order valence-corrected chi connectivity index (χ4v) is 1.77. The van der Waals surface area contributed by atoms with E-state index in [1.807, 2.05) is 13.0 Å². The van der Waals surface area contributed by atoms with Crippen molar-refractivity contribution >= 4 is 34.9 Å². The van der Waals surface area contributed by atoms with Crippen molar-refractivity contribution < 1.29 is 4.79 Å². The monoisotopic (exact) mass is 280 g/mol. The first-order valence-corrected chi connectivity index (χ1v) is 6.01. The Kier molecular flexibility index (Phi) is 3.84. The average Bonchev–Trinajstić information content (AvgIpc) is 2.35. The summed E-state index contributed by atoms with van der Waals surface area (Å²) in [6.45, 7) is 1.92. The maximum atomic E-state index is 12.0. The molecule has 18 heavy (non-hydrogen) atoms. The number of pyridine rings is 1. The molecule has 0 spiro atoms. The van der Waals surface area contributed by atoms with E-state index in [9.17, 15) is 4.79 Å². The first-order valence-electron chi connectivity index (χ1n) is 5.25. The summed E-state index contributed by atoms with van der Waals surface area (Å²) in [7, 11) is 0. The van der Waals surface area contributed by atoms with E-state index < -0.39 is 0 Å². The third-order valence-corrected chi connectivity index (χ3v) is 2.89. The van der Waals surface area contributed by atoms with Gasteiger partial charge in [0.05, 0.1) is 10.6 Å². The fraction of sp³-hybridized carbons (Fsp3) is 0.0769. The lowest BCUT2D eigenvalue weighted by molar-refractivity contribution is 0.102. The van der Waals surface area contributed by atoms with E-state index in [4.69, 9.17) is 23.2 Å². The highest BCUT2D eigenvalue weighted by Gasteiger charge is 2.11. The molecule has 0 unspecified atom stereocenters. The zero-order chi connectivity index (χ0) is 13.1. The minimum atomic E-state index is -0.334. The molecule has 1 N–H and O–H groups in total. The Morgan fingerprint density at radius 1 is 1.22 bits per heavy atom. The molecule has 0 fully saturated rings. The smallest absolute Gasteiger partial charge is 0.258 e. The molecule has 0 aliphatic carbocycles.